The molecule has 4 unspecified atom stereocenters. The predicted octanol–water partition coefficient (Wildman–Crippen LogP) is 0.357. The molecular formula is C16H25N3O3. The maximum absolute atomic E-state index is 12.5. The Bertz CT molecular complexity index is 469. The summed E-state index contributed by atoms with van der Waals surface area (Å²) in [5.74, 6) is -0.422. The van der Waals surface area contributed by atoms with Crippen molar-refractivity contribution in [2.75, 3.05) is 19.6 Å². The normalized spacial score (nSPS) is 35.2. The molecule has 3 aliphatic rings. The number of hydrogen-bond donors (Lipinski definition) is 1. The topological polar surface area (TPSA) is 83.7 Å². The fourth-order valence-electron chi connectivity index (χ4n) is 4.27. The summed E-state index contributed by atoms with van der Waals surface area (Å²) in [4.78, 5) is 40.3. The molecule has 2 saturated heterocycles. The van der Waals surface area contributed by atoms with Gasteiger partial charge in [0.05, 0.1) is 11.8 Å². The molecule has 3 rings (SSSR count). The number of fused-ring (bicyclic) bond motifs is 1. The maximum Gasteiger partial charge on any atom is 0.242 e. The minimum Gasteiger partial charge on any atom is -0.338 e. The van der Waals surface area contributed by atoms with Gasteiger partial charge >= 0.3 is 0 Å². The Morgan fingerprint density at radius 2 is 1.77 bits per heavy atom. The van der Waals surface area contributed by atoms with Crippen molar-refractivity contribution in [3.8, 4) is 0 Å². The van der Waals surface area contributed by atoms with Crippen molar-refractivity contribution in [1.29, 1.82) is 0 Å². The summed E-state index contributed by atoms with van der Waals surface area (Å²) in [5.41, 5.74) is 5.69. The van der Waals surface area contributed by atoms with E-state index in [0.29, 0.717) is 19.0 Å². The molecule has 0 bridgehead atoms. The van der Waals surface area contributed by atoms with Crippen LogP contribution in [0, 0.1) is 17.8 Å². The molecule has 2 aliphatic heterocycles. The van der Waals surface area contributed by atoms with E-state index >= 15 is 0 Å². The highest BCUT2D eigenvalue weighted by Crippen LogP contribution is 2.38. The van der Waals surface area contributed by atoms with Gasteiger partial charge in [-0.05, 0) is 38.6 Å². The van der Waals surface area contributed by atoms with Crippen molar-refractivity contribution in [1.82, 2.24) is 9.80 Å². The maximum atomic E-state index is 12.5. The summed E-state index contributed by atoms with van der Waals surface area (Å²) < 4.78 is 0. The van der Waals surface area contributed by atoms with E-state index in [0.717, 1.165) is 32.1 Å². The van der Waals surface area contributed by atoms with Crippen molar-refractivity contribution < 1.29 is 14.4 Å². The van der Waals surface area contributed by atoms with E-state index in [9.17, 15) is 14.4 Å². The van der Waals surface area contributed by atoms with Crippen LogP contribution in [0.3, 0.4) is 0 Å². The fraction of sp³-hybridized carbons (Fsp3) is 0.812. The quantitative estimate of drug-likeness (QED) is 0.763. The van der Waals surface area contributed by atoms with Crippen molar-refractivity contribution in [2.24, 2.45) is 23.5 Å². The van der Waals surface area contributed by atoms with E-state index in [4.69, 9.17) is 5.73 Å². The molecule has 1 aliphatic carbocycles. The second kappa shape index (κ2) is 5.99. The van der Waals surface area contributed by atoms with Crippen LogP contribution in [0.5, 0.6) is 0 Å². The zero-order valence-electron chi connectivity index (χ0n) is 13.2. The number of imide groups is 1. The van der Waals surface area contributed by atoms with Crippen LogP contribution in [-0.4, -0.2) is 53.2 Å². The van der Waals surface area contributed by atoms with Gasteiger partial charge in [-0.25, -0.2) is 0 Å². The highest BCUT2D eigenvalue weighted by molar-refractivity contribution is 6.07. The van der Waals surface area contributed by atoms with Gasteiger partial charge in [0.2, 0.25) is 17.7 Å². The Balaban J connectivity index is 1.66. The van der Waals surface area contributed by atoms with Gasteiger partial charge in [0.25, 0.3) is 0 Å². The van der Waals surface area contributed by atoms with Gasteiger partial charge in [-0.3, -0.25) is 19.3 Å². The SMILES string of the molecule is CC1CC(CN)CN1C(=O)CN1C(=O)C2CCCCC2C1=O. The third kappa shape index (κ3) is 2.53. The van der Waals surface area contributed by atoms with Crippen molar-refractivity contribution >= 4 is 17.7 Å². The molecule has 0 radical (unpaired) electrons. The standard InChI is InChI=1S/C16H25N3O3/c1-10-6-11(7-17)8-18(10)14(20)9-19-15(21)12-4-2-3-5-13(12)16(19)22/h10-13H,2-9,17H2,1H3. The molecule has 0 aromatic heterocycles. The zero-order valence-corrected chi connectivity index (χ0v) is 13.2. The number of nitrogens with zero attached hydrogens (tertiary/aromatic N) is 2. The van der Waals surface area contributed by atoms with Gasteiger partial charge in [0, 0.05) is 12.6 Å². The van der Waals surface area contributed by atoms with Gasteiger partial charge in [-0.2, -0.15) is 0 Å². The lowest BCUT2D eigenvalue weighted by atomic mass is 9.81. The lowest BCUT2D eigenvalue weighted by Crippen LogP contribution is -2.44. The van der Waals surface area contributed by atoms with Crippen LogP contribution in [0.15, 0.2) is 0 Å². The van der Waals surface area contributed by atoms with E-state index in [1.807, 2.05) is 6.92 Å². The van der Waals surface area contributed by atoms with Crippen LogP contribution < -0.4 is 5.73 Å². The second-order valence-electron chi connectivity index (χ2n) is 6.99. The van der Waals surface area contributed by atoms with Crippen molar-refractivity contribution in [3.63, 3.8) is 0 Å². The van der Waals surface area contributed by atoms with Gasteiger partial charge in [0.1, 0.15) is 6.54 Å². The summed E-state index contributed by atoms with van der Waals surface area (Å²) in [6.45, 7) is 3.12. The molecule has 3 amide bonds. The molecular weight excluding hydrogens is 282 g/mol. The molecule has 22 heavy (non-hydrogen) atoms. The molecule has 2 heterocycles. The highest BCUT2D eigenvalue weighted by Gasteiger charge is 2.49. The predicted molar refractivity (Wildman–Crippen MR) is 80.5 cm³/mol. The molecule has 122 valence electrons. The molecule has 3 fully saturated rings. The molecule has 0 spiro atoms. The Kier molecular flexibility index (Phi) is 4.21. The van der Waals surface area contributed by atoms with E-state index in [-0.39, 0.29) is 42.1 Å². The molecule has 4 atom stereocenters. The highest BCUT2D eigenvalue weighted by atomic mass is 16.2. The van der Waals surface area contributed by atoms with Crippen LogP contribution in [0.25, 0.3) is 0 Å². The second-order valence-corrected chi connectivity index (χ2v) is 6.99. The first-order valence-corrected chi connectivity index (χ1v) is 8.37. The van der Waals surface area contributed by atoms with Crippen LogP contribution in [0.4, 0.5) is 0 Å². The summed E-state index contributed by atoms with van der Waals surface area (Å²) in [6, 6.07) is 0.135. The first-order valence-electron chi connectivity index (χ1n) is 8.37. The fourth-order valence-corrected chi connectivity index (χ4v) is 4.27. The van der Waals surface area contributed by atoms with E-state index in [1.54, 1.807) is 4.90 Å². The van der Waals surface area contributed by atoms with Crippen LogP contribution >= 0.6 is 0 Å². The minimum atomic E-state index is -0.179. The molecule has 0 aromatic carbocycles. The average Bonchev–Trinajstić information content (AvgIpc) is 3.01. The molecule has 2 N–H and O–H groups in total. The van der Waals surface area contributed by atoms with Crippen molar-refractivity contribution in [3.05, 3.63) is 0 Å². The number of carbonyl (C=O) groups is 3. The van der Waals surface area contributed by atoms with E-state index in [2.05, 4.69) is 0 Å². The Morgan fingerprint density at radius 3 is 2.27 bits per heavy atom. The minimum absolute atomic E-state index is 0.0910. The number of hydrogen-bond acceptors (Lipinski definition) is 4. The van der Waals surface area contributed by atoms with E-state index in [1.165, 1.54) is 4.90 Å². The third-order valence-electron chi connectivity index (χ3n) is 5.54. The van der Waals surface area contributed by atoms with Gasteiger partial charge < -0.3 is 10.6 Å². The lowest BCUT2D eigenvalue weighted by Gasteiger charge is -2.24. The van der Waals surface area contributed by atoms with Gasteiger partial charge in [-0.15, -0.1) is 0 Å². The summed E-state index contributed by atoms with van der Waals surface area (Å²) in [7, 11) is 0. The van der Waals surface area contributed by atoms with Crippen LogP contribution in [0.1, 0.15) is 39.0 Å². The van der Waals surface area contributed by atoms with Gasteiger partial charge in [-0.1, -0.05) is 12.8 Å². The lowest BCUT2D eigenvalue weighted by molar-refractivity contribution is -0.146. The van der Waals surface area contributed by atoms with Gasteiger partial charge in [0.15, 0.2) is 0 Å². The first-order chi connectivity index (χ1) is 10.5. The number of likely N-dealkylation sites (tertiary alicyclic amines) is 2. The zero-order chi connectivity index (χ0) is 15.9. The molecule has 0 aromatic rings. The number of carbonyl (C=O) groups excluding carboxylic acids is 3. The number of amides is 3. The first kappa shape index (κ1) is 15.5. The average molecular weight is 307 g/mol. The Morgan fingerprint density at radius 1 is 1.18 bits per heavy atom. The molecule has 6 heteroatoms. The summed E-state index contributed by atoms with van der Waals surface area (Å²) in [6.07, 6.45) is 4.48. The largest absolute Gasteiger partial charge is 0.338 e. The summed E-state index contributed by atoms with van der Waals surface area (Å²) in [5, 5.41) is 0. The Hall–Kier alpha value is -1.43. The van der Waals surface area contributed by atoms with E-state index < -0.39 is 0 Å². The van der Waals surface area contributed by atoms with Crippen LogP contribution in [0.2, 0.25) is 0 Å². The monoisotopic (exact) mass is 307 g/mol. The van der Waals surface area contributed by atoms with Crippen molar-refractivity contribution in [2.45, 2.75) is 45.1 Å². The summed E-state index contributed by atoms with van der Waals surface area (Å²) >= 11 is 0. The third-order valence-corrected chi connectivity index (χ3v) is 5.54. The number of nitrogens with two attached hydrogens (primary N) is 1. The smallest absolute Gasteiger partial charge is 0.242 e. The number of rotatable bonds is 3. The molecule has 1 saturated carbocycles. The molecule has 6 nitrogen and oxygen atoms in total. The Labute approximate surface area is 131 Å². The van der Waals surface area contributed by atoms with Crippen LogP contribution in [-0.2, 0) is 14.4 Å².